The van der Waals surface area contributed by atoms with Gasteiger partial charge in [0.15, 0.2) is 0 Å². The van der Waals surface area contributed by atoms with Crippen LogP contribution in [0, 0.1) is 13.8 Å². The molecule has 1 rings (SSSR count). The van der Waals surface area contributed by atoms with E-state index in [4.69, 9.17) is 4.74 Å². The van der Waals surface area contributed by atoms with Gasteiger partial charge in [-0.15, -0.1) is 0 Å². The van der Waals surface area contributed by atoms with Gasteiger partial charge in [-0.1, -0.05) is 6.07 Å². The Morgan fingerprint density at radius 3 is 2.14 bits per heavy atom. The Bertz CT molecular complexity index is 314. The smallest absolute Gasteiger partial charge is 0.137 e. The second-order valence-corrected chi connectivity index (χ2v) is 5.46. The maximum Gasteiger partial charge on any atom is 0.137 e. The van der Waals surface area contributed by atoms with Crippen LogP contribution in [0.2, 0.25) is 0 Å². The minimum atomic E-state index is -0.150. The van der Waals surface area contributed by atoms with E-state index in [1.165, 1.54) is 11.1 Å². The highest BCUT2D eigenvalue weighted by Crippen LogP contribution is 2.32. The fourth-order valence-corrected chi connectivity index (χ4v) is 2.09. The van der Waals surface area contributed by atoms with Crippen LogP contribution in [0.1, 0.15) is 31.9 Å². The summed E-state index contributed by atoms with van der Waals surface area (Å²) in [4.78, 5) is 0. The summed E-state index contributed by atoms with van der Waals surface area (Å²) >= 11 is 3.53. The van der Waals surface area contributed by atoms with Gasteiger partial charge in [0, 0.05) is 0 Å². The van der Waals surface area contributed by atoms with E-state index in [9.17, 15) is 0 Å². The van der Waals surface area contributed by atoms with E-state index in [0.717, 1.165) is 10.2 Å². The summed E-state index contributed by atoms with van der Waals surface area (Å²) in [6, 6.07) is 4.21. The second kappa shape index (κ2) is 3.93. The van der Waals surface area contributed by atoms with Crippen molar-refractivity contribution in [3.63, 3.8) is 0 Å². The maximum absolute atomic E-state index is 5.87. The van der Waals surface area contributed by atoms with Gasteiger partial charge in [0.1, 0.15) is 11.4 Å². The molecule has 78 valence electrons. The lowest BCUT2D eigenvalue weighted by atomic mass is 10.1. The molecule has 14 heavy (non-hydrogen) atoms. The summed E-state index contributed by atoms with van der Waals surface area (Å²) in [5.74, 6) is 0.947. The van der Waals surface area contributed by atoms with Crippen LogP contribution in [0.15, 0.2) is 16.6 Å². The summed E-state index contributed by atoms with van der Waals surface area (Å²) in [5, 5.41) is 0. The highest BCUT2D eigenvalue weighted by atomic mass is 79.9. The average Bonchev–Trinajstić information content (AvgIpc) is 1.95. The van der Waals surface area contributed by atoms with Crippen LogP contribution in [0.4, 0.5) is 0 Å². The minimum absolute atomic E-state index is 0.150. The topological polar surface area (TPSA) is 9.23 Å². The molecule has 0 fully saturated rings. The first kappa shape index (κ1) is 11.6. The molecule has 0 radical (unpaired) electrons. The number of rotatable bonds is 1. The molecule has 1 nitrogen and oxygen atoms in total. The number of hydrogen-bond acceptors (Lipinski definition) is 1. The average molecular weight is 257 g/mol. The van der Waals surface area contributed by atoms with E-state index in [0.29, 0.717) is 0 Å². The Morgan fingerprint density at radius 1 is 1.14 bits per heavy atom. The van der Waals surface area contributed by atoms with Crippen molar-refractivity contribution in [1.82, 2.24) is 0 Å². The predicted molar refractivity (Wildman–Crippen MR) is 64.0 cm³/mol. The first-order valence-electron chi connectivity index (χ1n) is 4.75. The molecule has 0 aliphatic carbocycles. The van der Waals surface area contributed by atoms with Crippen LogP contribution >= 0.6 is 15.9 Å². The lowest BCUT2D eigenvalue weighted by Gasteiger charge is -2.23. The molecule has 0 heterocycles. The van der Waals surface area contributed by atoms with E-state index in [2.05, 4.69) is 62.7 Å². The van der Waals surface area contributed by atoms with Gasteiger partial charge in [-0.2, -0.15) is 0 Å². The SMILES string of the molecule is Cc1cc(C)c(OC(C)(C)C)c(Br)c1. The Balaban J connectivity index is 3.09. The zero-order chi connectivity index (χ0) is 10.9. The Hall–Kier alpha value is -0.500. The molecule has 0 bridgehead atoms. The van der Waals surface area contributed by atoms with E-state index in [1.807, 2.05) is 0 Å². The molecule has 0 spiro atoms. The first-order valence-corrected chi connectivity index (χ1v) is 5.54. The summed E-state index contributed by atoms with van der Waals surface area (Å²) in [5.41, 5.74) is 2.27. The third-order valence-electron chi connectivity index (χ3n) is 1.78. The van der Waals surface area contributed by atoms with Gasteiger partial charge in [0.25, 0.3) is 0 Å². The van der Waals surface area contributed by atoms with Crippen molar-refractivity contribution < 1.29 is 4.74 Å². The third kappa shape index (κ3) is 3.02. The fourth-order valence-electron chi connectivity index (χ4n) is 1.34. The molecule has 1 aromatic carbocycles. The summed E-state index contributed by atoms with van der Waals surface area (Å²) in [6.45, 7) is 10.3. The Morgan fingerprint density at radius 2 is 1.71 bits per heavy atom. The normalized spacial score (nSPS) is 11.6. The summed E-state index contributed by atoms with van der Waals surface area (Å²) in [6.07, 6.45) is 0. The van der Waals surface area contributed by atoms with Gasteiger partial charge in [-0.25, -0.2) is 0 Å². The zero-order valence-corrected chi connectivity index (χ0v) is 11.0. The van der Waals surface area contributed by atoms with E-state index in [-0.39, 0.29) is 5.60 Å². The number of halogens is 1. The summed E-state index contributed by atoms with van der Waals surface area (Å²) in [7, 11) is 0. The molecule has 0 saturated heterocycles. The molecule has 0 aliphatic rings. The van der Waals surface area contributed by atoms with Crippen molar-refractivity contribution >= 4 is 15.9 Å². The molecular weight excluding hydrogens is 240 g/mol. The van der Waals surface area contributed by atoms with Gasteiger partial charge >= 0.3 is 0 Å². The molecule has 0 N–H and O–H groups in total. The van der Waals surface area contributed by atoms with Crippen molar-refractivity contribution in [1.29, 1.82) is 0 Å². The highest BCUT2D eigenvalue weighted by Gasteiger charge is 2.15. The molecular formula is C12H17BrO. The fraction of sp³-hybridized carbons (Fsp3) is 0.500. The first-order chi connectivity index (χ1) is 6.29. The monoisotopic (exact) mass is 256 g/mol. The van der Waals surface area contributed by atoms with Gasteiger partial charge < -0.3 is 4.74 Å². The van der Waals surface area contributed by atoms with Crippen molar-refractivity contribution in [2.75, 3.05) is 0 Å². The molecule has 2 heteroatoms. The molecule has 0 unspecified atom stereocenters. The quantitative estimate of drug-likeness (QED) is 0.731. The lowest BCUT2D eigenvalue weighted by molar-refractivity contribution is 0.128. The van der Waals surface area contributed by atoms with Crippen LogP contribution in [-0.4, -0.2) is 5.60 Å². The number of benzene rings is 1. The highest BCUT2D eigenvalue weighted by molar-refractivity contribution is 9.10. The Kier molecular flexibility index (Phi) is 3.25. The molecule has 0 aromatic heterocycles. The largest absolute Gasteiger partial charge is 0.487 e. The number of hydrogen-bond donors (Lipinski definition) is 0. The lowest BCUT2D eigenvalue weighted by Crippen LogP contribution is -2.23. The van der Waals surface area contributed by atoms with Crippen LogP contribution in [0.25, 0.3) is 0 Å². The zero-order valence-electron chi connectivity index (χ0n) is 9.44. The van der Waals surface area contributed by atoms with Gasteiger partial charge in [0.2, 0.25) is 0 Å². The predicted octanol–water partition coefficient (Wildman–Crippen LogP) is 4.24. The van der Waals surface area contributed by atoms with Gasteiger partial charge in [0.05, 0.1) is 4.47 Å². The van der Waals surface area contributed by atoms with Crippen molar-refractivity contribution in [3.8, 4) is 5.75 Å². The number of ether oxygens (including phenoxy) is 1. The standard InChI is InChI=1S/C12H17BrO/c1-8-6-9(2)11(10(13)7-8)14-12(3,4)5/h6-7H,1-5H3. The molecule has 1 aromatic rings. The van der Waals surface area contributed by atoms with Crippen molar-refractivity contribution in [2.45, 2.75) is 40.2 Å². The van der Waals surface area contributed by atoms with Crippen molar-refractivity contribution in [3.05, 3.63) is 27.7 Å². The van der Waals surface area contributed by atoms with E-state index in [1.54, 1.807) is 0 Å². The van der Waals surface area contributed by atoms with Gasteiger partial charge in [-0.05, 0) is 67.7 Å². The van der Waals surface area contributed by atoms with E-state index < -0.39 is 0 Å². The molecule has 0 atom stereocenters. The van der Waals surface area contributed by atoms with Crippen LogP contribution in [0.3, 0.4) is 0 Å². The minimum Gasteiger partial charge on any atom is -0.487 e. The third-order valence-corrected chi connectivity index (χ3v) is 2.37. The molecule has 0 amide bonds. The maximum atomic E-state index is 5.87. The summed E-state index contributed by atoms with van der Waals surface area (Å²) < 4.78 is 6.90. The van der Waals surface area contributed by atoms with Crippen molar-refractivity contribution in [2.24, 2.45) is 0 Å². The van der Waals surface area contributed by atoms with Crippen LogP contribution < -0.4 is 4.74 Å². The van der Waals surface area contributed by atoms with Crippen LogP contribution in [0.5, 0.6) is 5.75 Å². The van der Waals surface area contributed by atoms with E-state index >= 15 is 0 Å². The van der Waals surface area contributed by atoms with Gasteiger partial charge in [-0.3, -0.25) is 0 Å². The molecule has 0 saturated carbocycles. The van der Waals surface area contributed by atoms with Crippen LogP contribution in [-0.2, 0) is 0 Å². The molecule has 0 aliphatic heterocycles. The Labute approximate surface area is 94.6 Å². The second-order valence-electron chi connectivity index (χ2n) is 4.61. The number of aryl methyl sites for hydroxylation is 2.